The minimum Gasteiger partial charge on any atom is -0.507 e. The van der Waals surface area contributed by atoms with Crippen LogP contribution in [0.15, 0.2) is 42.3 Å². The molecule has 0 saturated carbocycles. The number of rotatable bonds is 6. The third kappa shape index (κ3) is 3.56. The monoisotopic (exact) mass is 368 g/mol. The highest BCUT2D eigenvalue weighted by Crippen LogP contribution is 2.41. The molecular formula is C21H24N2O4. The molecule has 0 unspecified atom stereocenters. The number of aromatic carboxylic acids is 1. The standard InChI is InChI=1S/C21H24N2O4/c1-4-22(5-2)15-8-9-17-19(13-15)27-20(23(17)6-3)12-14-7-10-18(24)16(11-14)21(25)26/h7-13,24H,4-6H2,1-3H3,(H,25,26)/b20-12-. The number of nitrogens with zero attached hydrogens (tertiary/aromatic N) is 2. The van der Waals surface area contributed by atoms with E-state index in [4.69, 9.17) is 4.74 Å². The van der Waals surface area contributed by atoms with E-state index < -0.39 is 5.97 Å². The van der Waals surface area contributed by atoms with Gasteiger partial charge in [0.2, 0.25) is 5.88 Å². The first-order valence-corrected chi connectivity index (χ1v) is 9.10. The summed E-state index contributed by atoms with van der Waals surface area (Å²) in [5.74, 6) is -0.00737. The van der Waals surface area contributed by atoms with Gasteiger partial charge in [-0.3, -0.25) is 0 Å². The Morgan fingerprint density at radius 3 is 2.52 bits per heavy atom. The van der Waals surface area contributed by atoms with Crippen molar-refractivity contribution in [2.45, 2.75) is 20.8 Å². The van der Waals surface area contributed by atoms with Crippen LogP contribution in [0.1, 0.15) is 36.7 Å². The van der Waals surface area contributed by atoms with E-state index in [1.165, 1.54) is 12.1 Å². The summed E-state index contributed by atoms with van der Waals surface area (Å²) in [5, 5.41) is 18.9. The predicted octanol–water partition coefficient (Wildman–Crippen LogP) is 4.15. The van der Waals surface area contributed by atoms with Crippen molar-refractivity contribution in [3.63, 3.8) is 0 Å². The molecule has 1 heterocycles. The highest BCUT2D eigenvalue weighted by Gasteiger charge is 2.26. The maximum absolute atomic E-state index is 11.2. The van der Waals surface area contributed by atoms with Crippen LogP contribution < -0.4 is 14.5 Å². The smallest absolute Gasteiger partial charge is 0.339 e. The van der Waals surface area contributed by atoms with Crippen molar-refractivity contribution < 1.29 is 19.7 Å². The molecule has 1 aliphatic heterocycles. The number of hydrogen-bond acceptors (Lipinski definition) is 5. The van der Waals surface area contributed by atoms with Crippen molar-refractivity contribution in [3.8, 4) is 11.5 Å². The van der Waals surface area contributed by atoms with Crippen molar-refractivity contribution in [2.24, 2.45) is 0 Å². The van der Waals surface area contributed by atoms with Gasteiger partial charge in [0.05, 0.1) is 5.69 Å². The Balaban J connectivity index is 1.96. The zero-order chi connectivity index (χ0) is 19.6. The molecule has 0 aliphatic carbocycles. The molecule has 2 N–H and O–H groups in total. The normalized spacial score (nSPS) is 14.2. The number of carbonyl (C=O) groups is 1. The van der Waals surface area contributed by atoms with Gasteiger partial charge in [-0.25, -0.2) is 4.79 Å². The van der Waals surface area contributed by atoms with Gasteiger partial charge in [0.15, 0.2) is 5.75 Å². The first-order chi connectivity index (χ1) is 13.0. The number of phenols is 1. The molecule has 27 heavy (non-hydrogen) atoms. The zero-order valence-electron chi connectivity index (χ0n) is 15.8. The molecule has 6 nitrogen and oxygen atoms in total. The average Bonchev–Trinajstić information content (AvgIpc) is 3.00. The van der Waals surface area contributed by atoms with Gasteiger partial charge in [-0.05, 0) is 50.6 Å². The molecule has 0 atom stereocenters. The van der Waals surface area contributed by atoms with Crippen molar-refractivity contribution in [2.75, 3.05) is 29.4 Å². The van der Waals surface area contributed by atoms with E-state index in [0.717, 1.165) is 30.2 Å². The SMILES string of the molecule is CCN(CC)c1ccc2c(c1)O/C(=C\c1ccc(O)c(C(=O)O)c1)N2CC. The van der Waals surface area contributed by atoms with Crippen LogP contribution in [0, 0.1) is 0 Å². The lowest BCUT2D eigenvalue weighted by molar-refractivity contribution is 0.0693. The largest absolute Gasteiger partial charge is 0.507 e. The van der Waals surface area contributed by atoms with Gasteiger partial charge < -0.3 is 24.7 Å². The minimum absolute atomic E-state index is 0.133. The molecule has 142 valence electrons. The van der Waals surface area contributed by atoms with Gasteiger partial charge >= 0.3 is 5.97 Å². The Morgan fingerprint density at radius 2 is 1.89 bits per heavy atom. The summed E-state index contributed by atoms with van der Waals surface area (Å²) >= 11 is 0. The van der Waals surface area contributed by atoms with Crippen LogP contribution in [-0.4, -0.2) is 35.8 Å². The second kappa shape index (κ2) is 7.61. The maximum atomic E-state index is 11.2. The van der Waals surface area contributed by atoms with Crippen molar-refractivity contribution >= 4 is 23.4 Å². The van der Waals surface area contributed by atoms with Crippen molar-refractivity contribution in [3.05, 3.63) is 53.4 Å². The van der Waals surface area contributed by atoms with Crippen LogP contribution >= 0.6 is 0 Å². The lowest BCUT2D eigenvalue weighted by Crippen LogP contribution is -2.21. The highest BCUT2D eigenvalue weighted by atomic mass is 16.5. The third-order valence-corrected chi connectivity index (χ3v) is 4.70. The van der Waals surface area contributed by atoms with Crippen LogP contribution in [-0.2, 0) is 0 Å². The summed E-state index contributed by atoms with van der Waals surface area (Å²) in [5.41, 5.74) is 2.60. The quantitative estimate of drug-likeness (QED) is 0.798. The van der Waals surface area contributed by atoms with E-state index in [-0.39, 0.29) is 11.3 Å². The summed E-state index contributed by atoms with van der Waals surface area (Å²) < 4.78 is 6.08. The van der Waals surface area contributed by atoms with Gasteiger partial charge in [-0.1, -0.05) is 6.07 Å². The topological polar surface area (TPSA) is 73.2 Å². The summed E-state index contributed by atoms with van der Waals surface area (Å²) in [6, 6.07) is 10.7. The minimum atomic E-state index is -1.17. The molecule has 0 bridgehead atoms. The van der Waals surface area contributed by atoms with E-state index in [0.29, 0.717) is 18.0 Å². The number of carboxylic acid groups (broad SMARTS) is 1. The van der Waals surface area contributed by atoms with E-state index in [2.05, 4.69) is 24.8 Å². The summed E-state index contributed by atoms with van der Waals surface area (Å²) in [6.07, 6.45) is 1.78. The maximum Gasteiger partial charge on any atom is 0.339 e. The van der Waals surface area contributed by atoms with Gasteiger partial charge in [0.25, 0.3) is 0 Å². The molecule has 2 aromatic carbocycles. The molecule has 1 aliphatic rings. The van der Waals surface area contributed by atoms with E-state index >= 15 is 0 Å². The van der Waals surface area contributed by atoms with Crippen LogP contribution in [0.25, 0.3) is 6.08 Å². The van der Waals surface area contributed by atoms with Gasteiger partial charge in [-0.15, -0.1) is 0 Å². The van der Waals surface area contributed by atoms with E-state index in [1.54, 1.807) is 12.1 Å². The van der Waals surface area contributed by atoms with E-state index in [1.807, 2.05) is 24.0 Å². The van der Waals surface area contributed by atoms with E-state index in [9.17, 15) is 15.0 Å². The van der Waals surface area contributed by atoms with Crippen LogP contribution in [0.3, 0.4) is 0 Å². The molecule has 3 rings (SSSR count). The fraction of sp³-hybridized carbons (Fsp3) is 0.286. The fourth-order valence-electron chi connectivity index (χ4n) is 3.27. The summed E-state index contributed by atoms with van der Waals surface area (Å²) in [7, 11) is 0. The number of ether oxygens (including phenoxy) is 1. The summed E-state index contributed by atoms with van der Waals surface area (Å²) in [6.45, 7) is 8.82. The first kappa shape index (κ1) is 18.6. The Bertz CT molecular complexity index is 888. The molecule has 2 aromatic rings. The second-order valence-corrected chi connectivity index (χ2v) is 6.23. The number of anilines is 2. The molecule has 0 saturated heterocycles. The van der Waals surface area contributed by atoms with Crippen molar-refractivity contribution in [1.29, 1.82) is 0 Å². The Kier molecular flexibility index (Phi) is 5.26. The van der Waals surface area contributed by atoms with Crippen LogP contribution in [0.2, 0.25) is 0 Å². The lowest BCUT2D eigenvalue weighted by Gasteiger charge is -2.21. The molecule has 0 amide bonds. The second-order valence-electron chi connectivity index (χ2n) is 6.23. The molecular weight excluding hydrogens is 344 g/mol. The first-order valence-electron chi connectivity index (χ1n) is 9.10. The Morgan fingerprint density at radius 1 is 1.15 bits per heavy atom. The van der Waals surface area contributed by atoms with Crippen molar-refractivity contribution in [1.82, 2.24) is 0 Å². The number of benzene rings is 2. The molecule has 0 aromatic heterocycles. The lowest BCUT2D eigenvalue weighted by atomic mass is 10.1. The molecule has 0 spiro atoms. The predicted molar refractivity (Wildman–Crippen MR) is 107 cm³/mol. The zero-order valence-corrected chi connectivity index (χ0v) is 15.8. The Hall–Kier alpha value is -3.15. The van der Waals surface area contributed by atoms with Crippen LogP contribution in [0.5, 0.6) is 11.5 Å². The molecule has 0 fully saturated rings. The summed E-state index contributed by atoms with van der Waals surface area (Å²) in [4.78, 5) is 15.5. The molecule has 0 radical (unpaired) electrons. The van der Waals surface area contributed by atoms with Gasteiger partial charge in [0.1, 0.15) is 11.3 Å². The van der Waals surface area contributed by atoms with Gasteiger partial charge in [0, 0.05) is 37.5 Å². The Labute approximate surface area is 158 Å². The van der Waals surface area contributed by atoms with Crippen LogP contribution in [0.4, 0.5) is 11.4 Å². The number of aromatic hydroxyl groups is 1. The number of hydrogen-bond donors (Lipinski definition) is 2. The molecule has 6 heteroatoms. The average molecular weight is 368 g/mol. The number of fused-ring (bicyclic) bond motifs is 1. The highest BCUT2D eigenvalue weighted by molar-refractivity contribution is 5.91. The number of carboxylic acids is 1. The third-order valence-electron chi connectivity index (χ3n) is 4.70. The van der Waals surface area contributed by atoms with Gasteiger partial charge in [-0.2, -0.15) is 0 Å². The fourth-order valence-corrected chi connectivity index (χ4v) is 3.27.